The highest BCUT2D eigenvalue weighted by Crippen LogP contribution is 2.29. The average molecular weight is 317 g/mol. The summed E-state index contributed by atoms with van der Waals surface area (Å²) in [5, 5.41) is 20.9. The summed E-state index contributed by atoms with van der Waals surface area (Å²) in [6.07, 6.45) is 0.497. The number of anilines is 3. The molecule has 0 saturated carbocycles. The molecule has 0 unspecified atom stereocenters. The number of nitrogens with two attached hydrogens (primary N) is 1. The van der Waals surface area contributed by atoms with Crippen LogP contribution in [0.15, 0.2) is 46.9 Å². The fourth-order valence-corrected chi connectivity index (χ4v) is 2.08. The smallest absolute Gasteiger partial charge is 0.320 e. The third-order valence-electron chi connectivity index (χ3n) is 3.00. The second-order valence-corrected chi connectivity index (χ2v) is 5.14. The monoisotopic (exact) mass is 316 g/mol. The number of nitrogens with one attached hydrogen (secondary N) is 1. The summed E-state index contributed by atoms with van der Waals surface area (Å²) in [4.78, 5) is 0. The Labute approximate surface area is 131 Å². The lowest BCUT2D eigenvalue weighted by atomic mass is 10.1. The van der Waals surface area contributed by atoms with Crippen LogP contribution in [0, 0.1) is 0 Å². The molecule has 6 nitrogen and oxygen atoms in total. The van der Waals surface area contributed by atoms with E-state index in [0.717, 1.165) is 5.56 Å². The van der Waals surface area contributed by atoms with Crippen molar-refractivity contribution in [1.82, 2.24) is 10.2 Å². The number of nitrogen functional groups attached to an aromatic ring is 1. The molecule has 7 heteroatoms. The van der Waals surface area contributed by atoms with Crippen molar-refractivity contribution in [2.75, 3.05) is 11.1 Å². The fourth-order valence-electron chi connectivity index (χ4n) is 1.91. The van der Waals surface area contributed by atoms with Crippen molar-refractivity contribution in [3.63, 3.8) is 0 Å². The Hall–Kier alpha value is -2.73. The van der Waals surface area contributed by atoms with E-state index < -0.39 is 0 Å². The second kappa shape index (κ2) is 5.95. The molecule has 1 aromatic heterocycles. The van der Waals surface area contributed by atoms with E-state index in [1.165, 1.54) is 6.07 Å². The van der Waals surface area contributed by atoms with Crippen LogP contribution in [0.25, 0.3) is 0 Å². The maximum Gasteiger partial charge on any atom is 0.320 e. The van der Waals surface area contributed by atoms with Crippen LogP contribution in [-0.2, 0) is 6.42 Å². The van der Waals surface area contributed by atoms with Crippen molar-refractivity contribution in [2.24, 2.45) is 0 Å². The van der Waals surface area contributed by atoms with Crippen molar-refractivity contribution in [3.8, 4) is 5.75 Å². The van der Waals surface area contributed by atoms with Crippen molar-refractivity contribution in [1.29, 1.82) is 0 Å². The minimum atomic E-state index is 0.0442. The highest BCUT2D eigenvalue weighted by molar-refractivity contribution is 6.30. The molecule has 0 fully saturated rings. The number of hydrogen-bond acceptors (Lipinski definition) is 6. The number of phenols is 1. The number of aromatic nitrogens is 2. The first-order chi connectivity index (χ1) is 10.6. The molecule has 0 saturated heterocycles. The summed E-state index contributed by atoms with van der Waals surface area (Å²) < 4.78 is 5.50. The maximum atomic E-state index is 9.74. The Kier molecular flexibility index (Phi) is 3.84. The Bertz CT molecular complexity index is 786. The van der Waals surface area contributed by atoms with Gasteiger partial charge in [-0.2, -0.15) is 0 Å². The lowest BCUT2D eigenvalue weighted by Gasteiger charge is -2.04. The molecule has 0 aliphatic heterocycles. The third-order valence-corrected chi connectivity index (χ3v) is 3.24. The molecule has 0 atom stereocenters. The van der Waals surface area contributed by atoms with E-state index in [0.29, 0.717) is 28.7 Å². The maximum absolute atomic E-state index is 9.74. The molecular formula is C15H13ClN4O2. The number of hydrogen-bond donors (Lipinski definition) is 3. The normalized spacial score (nSPS) is 10.6. The second-order valence-electron chi connectivity index (χ2n) is 4.71. The van der Waals surface area contributed by atoms with Crippen LogP contribution in [0.2, 0.25) is 5.02 Å². The van der Waals surface area contributed by atoms with Crippen LogP contribution >= 0.6 is 11.6 Å². The van der Waals surface area contributed by atoms with E-state index in [9.17, 15) is 5.11 Å². The van der Waals surface area contributed by atoms with E-state index in [-0.39, 0.29) is 11.8 Å². The number of halogens is 1. The fraction of sp³-hybridized carbons (Fsp3) is 0.0667. The van der Waals surface area contributed by atoms with Gasteiger partial charge in [-0.25, -0.2) is 0 Å². The van der Waals surface area contributed by atoms with Gasteiger partial charge in [0.25, 0.3) is 0 Å². The predicted molar refractivity (Wildman–Crippen MR) is 84.4 cm³/mol. The van der Waals surface area contributed by atoms with Crippen LogP contribution in [0.1, 0.15) is 11.5 Å². The van der Waals surface area contributed by atoms with Gasteiger partial charge in [-0.1, -0.05) is 28.8 Å². The van der Waals surface area contributed by atoms with Gasteiger partial charge in [0, 0.05) is 10.7 Å². The minimum Gasteiger partial charge on any atom is -0.506 e. The molecule has 3 aromatic rings. The van der Waals surface area contributed by atoms with Crippen LogP contribution in [0.3, 0.4) is 0 Å². The summed E-state index contributed by atoms with van der Waals surface area (Å²) in [6.45, 7) is 0. The molecule has 4 N–H and O–H groups in total. The Morgan fingerprint density at radius 1 is 1.14 bits per heavy atom. The van der Waals surface area contributed by atoms with Gasteiger partial charge in [-0.15, -0.1) is 5.10 Å². The van der Waals surface area contributed by atoms with Crippen molar-refractivity contribution >= 4 is 29.0 Å². The van der Waals surface area contributed by atoms with Gasteiger partial charge in [0.1, 0.15) is 5.75 Å². The SMILES string of the molecule is Nc1ccc(Cc2nnc(Nc3cc(Cl)ccc3O)o2)cc1. The van der Waals surface area contributed by atoms with Crippen LogP contribution in [0.5, 0.6) is 5.75 Å². The Balaban J connectivity index is 1.73. The quantitative estimate of drug-likeness (QED) is 0.504. The number of phenolic OH excluding ortho intramolecular Hbond substituents is 1. The highest BCUT2D eigenvalue weighted by atomic mass is 35.5. The highest BCUT2D eigenvalue weighted by Gasteiger charge is 2.09. The Morgan fingerprint density at radius 2 is 1.91 bits per heavy atom. The lowest BCUT2D eigenvalue weighted by Crippen LogP contribution is -1.90. The van der Waals surface area contributed by atoms with Gasteiger partial charge in [-0.3, -0.25) is 0 Å². The molecule has 0 amide bonds. The molecule has 22 heavy (non-hydrogen) atoms. The van der Waals surface area contributed by atoms with Crippen molar-refractivity contribution < 1.29 is 9.52 Å². The van der Waals surface area contributed by atoms with Gasteiger partial charge in [0.2, 0.25) is 5.89 Å². The first kappa shape index (κ1) is 14.2. The molecular weight excluding hydrogens is 304 g/mol. The van der Waals surface area contributed by atoms with Gasteiger partial charge < -0.3 is 20.6 Å². The molecule has 0 spiro atoms. The molecule has 0 aliphatic carbocycles. The number of nitrogens with zero attached hydrogens (tertiary/aromatic N) is 2. The first-order valence-electron chi connectivity index (χ1n) is 6.52. The third kappa shape index (κ3) is 3.29. The molecule has 2 aromatic carbocycles. The molecule has 0 radical (unpaired) electrons. The van der Waals surface area contributed by atoms with Gasteiger partial charge in [-0.05, 0) is 35.9 Å². The summed E-state index contributed by atoms with van der Waals surface area (Å²) in [5.41, 5.74) is 7.75. The average Bonchev–Trinajstić information content (AvgIpc) is 2.93. The largest absolute Gasteiger partial charge is 0.506 e. The van der Waals surface area contributed by atoms with Crippen LogP contribution in [-0.4, -0.2) is 15.3 Å². The zero-order valence-corrected chi connectivity index (χ0v) is 12.2. The lowest BCUT2D eigenvalue weighted by molar-refractivity contribution is 0.476. The molecule has 1 heterocycles. The van der Waals surface area contributed by atoms with Gasteiger partial charge >= 0.3 is 6.01 Å². The summed E-state index contributed by atoms with van der Waals surface area (Å²) in [5.74, 6) is 0.497. The first-order valence-corrected chi connectivity index (χ1v) is 6.90. The van der Waals surface area contributed by atoms with Gasteiger partial charge in [0.05, 0.1) is 12.1 Å². The topological polar surface area (TPSA) is 97.2 Å². The number of rotatable bonds is 4. The summed E-state index contributed by atoms with van der Waals surface area (Å²) in [6, 6.07) is 12.2. The zero-order valence-electron chi connectivity index (χ0n) is 11.5. The molecule has 0 bridgehead atoms. The Morgan fingerprint density at radius 3 is 2.68 bits per heavy atom. The summed E-state index contributed by atoms with van der Waals surface area (Å²) >= 11 is 5.88. The van der Waals surface area contributed by atoms with E-state index in [1.807, 2.05) is 24.3 Å². The molecule has 112 valence electrons. The van der Waals surface area contributed by atoms with E-state index >= 15 is 0 Å². The van der Waals surface area contributed by atoms with Gasteiger partial charge in [0.15, 0.2) is 0 Å². The van der Waals surface area contributed by atoms with Crippen molar-refractivity contribution in [2.45, 2.75) is 6.42 Å². The zero-order chi connectivity index (χ0) is 15.5. The van der Waals surface area contributed by atoms with Crippen molar-refractivity contribution in [3.05, 3.63) is 58.9 Å². The standard InChI is InChI=1S/C15H13ClN4O2/c16-10-3-6-13(21)12(8-10)18-15-20-19-14(22-15)7-9-1-4-11(17)5-2-9/h1-6,8,21H,7,17H2,(H,18,20). The van der Waals surface area contributed by atoms with E-state index in [1.54, 1.807) is 12.1 Å². The molecule has 0 aliphatic rings. The van der Waals surface area contributed by atoms with Crippen LogP contribution < -0.4 is 11.1 Å². The van der Waals surface area contributed by atoms with E-state index in [2.05, 4.69) is 15.5 Å². The number of aromatic hydroxyl groups is 1. The van der Waals surface area contributed by atoms with Crippen LogP contribution in [0.4, 0.5) is 17.4 Å². The summed E-state index contributed by atoms with van der Waals surface area (Å²) in [7, 11) is 0. The minimum absolute atomic E-state index is 0.0442. The predicted octanol–water partition coefficient (Wildman–Crippen LogP) is 3.35. The molecule has 3 rings (SSSR count). The number of benzene rings is 2. The van der Waals surface area contributed by atoms with E-state index in [4.69, 9.17) is 21.8 Å².